The zero-order valence-electron chi connectivity index (χ0n) is 16.7. The second kappa shape index (κ2) is 12.2. The lowest BCUT2D eigenvalue weighted by Gasteiger charge is -2.07. The van der Waals surface area contributed by atoms with Gasteiger partial charge in [0.1, 0.15) is 6.61 Å². The minimum absolute atomic E-state index is 0.0281. The van der Waals surface area contributed by atoms with Crippen LogP contribution in [0.25, 0.3) is 11.1 Å². The van der Waals surface area contributed by atoms with E-state index in [2.05, 4.69) is 13.0 Å². The third-order valence-corrected chi connectivity index (χ3v) is 5.42. The van der Waals surface area contributed by atoms with Gasteiger partial charge >= 0.3 is 22.6 Å². The highest BCUT2D eigenvalue weighted by molar-refractivity contribution is 8.04. The van der Waals surface area contributed by atoms with Crippen molar-refractivity contribution < 1.29 is 45.4 Å². The third-order valence-electron chi connectivity index (χ3n) is 3.65. The first kappa shape index (κ1) is 26.1. The molecule has 0 radical (unpaired) electrons. The fraction of sp³-hybridized carbons (Fsp3) is 0.316. The Hall–Kier alpha value is -2.16. The van der Waals surface area contributed by atoms with E-state index >= 15 is 0 Å². The highest BCUT2D eigenvalue weighted by Gasteiger charge is 2.33. The summed E-state index contributed by atoms with van der Waals surface area (Å²) in [5.74, 6) is -0.475. The number of benzene rings is 2. The normalized spacial score (nSPS) is 13.4. The molecule has 0 heterocycles. The maximum Gasteiger partial charge on any atom is 0.550 e. The Morgan fingerprint density at radius 1 is 1.03 bits per heavy atom. The molecular formula is C19H20F3NO7S2. The number of hydrogen-bond donors (Lipinski definition) is 1. The maximum atomic E-state index is 12.1. The highest BCUT2D eigenvalue weighted by Crippen LogP contribution is 2.21. The van der Waals surface area contributed by atoms with Gasteiger partial charge in [0.2, 0.25) is 0 Å². The molecular weight excluding hydrogens is 475 g/mol. The minimum Gasteiger partial charge on any atom is -0.460 e. The van der Waals surface area contributed by atoms with Crippen LogP contribution in [-0.2, 0) is 29.0 Å². The maximum absolute atomic E-state index is 12.1. The van der Waals surface area contributed by atoms with Gasteiger partial charge in [-0.05, 0) is 42.1 Å². The van der Waals surface area contributed by atoms with Gasteiger partial charge in [0.25, 0.3) is 0 Å². The quantitative estimate of drug-likeness (QED) is 0.156. The molecule has 2 rings (SSSR count). The first-order valence-electron chi connectivity index (χ1n) is 9.02. The molecule has 0 aliphatic carbocycles. The van der Waals surface area contributed by atoms with Crippen molar-refractivity contribution in [2.24, 2.45) is 3.77 Å². The van der Waals surface area contributed by atoms with E-state index in [1.54, 1.807) is 12.1 Å². The standard InChI is InChI=1S/C19H20F3NO7S2/c1-14-2-4-15(5-3-14)16-6-8-17(9-7-16)18(24)28-11-10-27-12-13-31-23-32(25,26)30-29-19(20,21)22/h2-9H,10-13H2,1H3,(H,23,25,26). The van der Waals surface area contributed by atoms with Crippen molar-refractivity contribution in [1.82, 2.24) is 0 Å². The summed E-state index contributed by atoms with van der Waals surface area (Å²) in [7, 11) is -4.61. The minimum atomic E-state index is -5.23. The monoisotopic (exact) mass is 495 g/mol. The topological polar surface area (TPSA) is 104 Å². The van der Waals surface area contributed by atoms with Crippen LogP contribution in [0.2, 0.25) is 0 Å². The number of carbonyl (C=O) groups excluding carboxylic acids is 1. The van der Waals surface area contributed by atoms with Gasteiger partial charge in [-0.25, -0.2) is 4.79 Å². The molecule has 1 atom stereocenters. The molecule has 1 unspecified atom stereocenters. The lowest BCUT2D eigenvalue weighted by molar-refractivity contribution is -0.444. The summed E-state index contributed by atoms with van der Waals surface area (Å²) in [5, 5.41) is 0. The number of nitrogens with zero attached hydrogens (tertiary/aromatic N) is 1. The molecule has 0 amide bonds. The summed E-state index contributed by atoms with van der Waals surface area (Å²) in [6.07, 6.45) is -5.23. The molecule has 0 aliphatic rings. The predicted octanol–water partition coefficient (Wildman–Crippen LogP) is 4.81. The van der Waals surface area contributed by atoms with E-state index in [-0.39, 0.29) is 25.6 Å². The molecule has 0 saturated carbocycles. The average molecular weight is 495 g/mol. The van der Waals surface area contributed by atoms with Crippen LogP contribution in [0.3, 0.4) is 0 Å². The third kappa shape index (κ3) is 9.97. The highest BCUT2D eigenvalue weighted by atomic mass is 32.3. The van der Waals surface area contributed by atoms with Gasteiger partial charge in [0.05, 0.1) is 18.8 Å². The molecule has 1 N–H and O–H groups in total. The predicted molar refractivity (Wildman–Crippen MR) is 112 cm³/mol. The summed E-state index contributed by atoms with van der Waals surface area (Å²) < 4.78 is 71.8. The Balaban J connectivity index is 1.64. The van der Waals surface area contributed by atoms with Gasteiger partial charge in [-0.1, -0.05) is 46.3 Å². The average Bonchev–Trinajstić information content (AvgIpc) is 2.74. The van der Waals surface area contributed by atoms with Crippen molar-refractivity contribution in [3.63, 3.8) is 0 Å². The first-order chi connectivity index (χ1) is 15.1. The SMILES string of the molecule is Cc1ccc(-c2ccc(C(=O)OCCOCCSN=S(=O)(O)OOC(F)(F)F)cc2)cc1. The zero-order valence-corrected chi connectivity index (χ0v) is 18.4. The van der Waals surface area contributed by atoms with Crippen LogP contribution in [0.1, 0.15) is 15.9 Å². The molecule has 0 aromatic heterocycles. The van der Waals surface area contributed by atoms with Crippen LogP contribution >= 0.6 is 11.9 Å². The summed E-state index contributed by atoms with van der Waals surface area (Å²) in [4.78, 5) is 14.8. The van der Waals surface area contributed by atoms with E-state index in [4.69, 9.17) is 14.0 Å². The molecule has 176 valence electrons. The number of hydrogen-bond acceptors (Lipinski definition) is 8. The molecule has 2 aromatic carbocycles. The Labute approximate surface area is 187 Å². The van der Waals surface area contributed by atoms with Crippen LogP contribution < -0.4 is 0 Å². The molecule has 8 nitrogen and oxygen atoms in total. The van der Waals surface area contributed by atoms with Gasteiger partial charge in [0.15, 0.2) is 0 Å². The summed E-state index contributed by atoms with van der Waals surface area (Å²) in [6, 6.07) is 15.0. The van der Waals surface area contributed by atoms with Gasteiger partial charge in [0, 0.05) is 5.75 Å². The fourth-order valence-corrected chi connectivity index (χ4v) is 3.51. The summed E-state index contributed by atoms with van der Waals surface area (Å²) in [5.41, 5.74) is 3.54. The lowest BCUT2D eigenvalue weighted by atomic mass is 10.0. The molecule has 2 aromatic rings. The zero-order chi connectivity index (χ0) is 23.6. The van der Waals surface area contributed by atoms with E-state index in [0.29, 0.717) is 17.5 Å². The number of rotatable bonds is 11. The molecule has 0 fully saturated rings. The van der Waals surface area contributed by atoms with Gasteiger partial charge < -0.3 is 9.47 Å². The Bertz CT molecular complexity index is 989. The van der Waals surface area contributed by atoms with E-state index in [0.717, 1.165) is 16.7 Å². The van der Waals surface area contributed by atoms with Crippen LogP contribution in [0.15, 0.2) is 52.3 Å². The van der Waals surface area contributed by atoms with Gasteiger partial charge in [-0.3, -0.25) is 4.55 Å². The van der Waals surface area contributed by atoms with Crippen molar-refractivity contribution in [2.45, 2.75) is 13.3 Å². The summed E-state index contributed by atoms with van der Waals surface area (Å²) in [6.45, 7) is 2.06. The lowest BCUT2D eigenvalue weighted by Crippen LogP contribution is -2.17. The van der Waals surface area contributed by atoms with Crippen LogP contribution in [0, 0.1) is 6.92 Å². The molecule has 32 heavy (non-hydrogen) atoms. The molecule has 0 bridgehead atoms. The first-order valence-corrected chi connectivity index (χ1v) is 11.4. The van der Waals surface area contributed by atoms with Crippen LogP contribution in [0.5, 0.6) is 0 Å². The Morgan fingerprint density at radius 3 is 2.22 bits per heavy atom. The Morgan fingerprint density at radius 2 is 1.62 bits per heavy atom. The number of carbonyl (C=O) groups is 1. The number of esters is 1. The van der Waals surface area contributed by atoms with E-state index in [1.165, 1.54) is 0 Å². The van der Waals surface area contributed by atoms with Crippen LogP contribution in [0.4, 0.5) is 13.2 Å². The van der Waals surface area contributed by atoms with Crippen molar-refractivity contribution in [3.8, 4) is 11.1 Å². The van der Waals surface area contributed by atoms with Crippen molar-refractivity contribution in [3.05, 3.63) is 59.7 Å². The van der Waals surface area contributed by atoms with E-state index in [9.17, 15) is 22.2 Å². The van der Waals surface area contributed by atoms with Gasteiger partial charge in [-0.2, -0.15) is 4.21 Å². The molecule has 0 spiro atoms. The van der Waals surface area contributed by atoms with Crippen molar-refractivity contribution in [2.75, 3.05) is 25.6 Å². The second-order valence-electron chi connectivity index (χ2n) is 6.14. The number of ether oxygens (including phenoxy) is 2. The fourth-order valence-electron chi connectivity index (χ4n) is 2.22. The smallest absolute Gasteiger partial charge is 0.460 e. The van der Waals surface area contributed by atoms with E-state index in [1.807, 2.05) is 43.3 Å². The summed E-state index contributed by atoms with van der Waals surface area (Å²) >= 11 is 0.467. The van der Waals surface area contributed by atoms with Crippen molar-refractivity contribution in [1.29, 1.82) is 0 Å². The molecule has 0 aliphatic heterocycles. The molecule has 0 saturated heterocycles. The van der Waals surface area contributed by atoms with Crippen LogP contribution in [-0.4, -0.2) is 46.7 Å². The largest absolute Gasteiger partial charge is 0.550 e. The number of aryl methyl sites for hydroxylation is 1. The Kier molecular flexibility index (Phi) is 9.93. The number of alkyl halides is 3. The van der Waals surface area contributed by atoms with Crippen molar-refractivity contribution >= 4 is 28.2 Å². The number of halogens is 3. The second-order valence-corrected chi connectivity index (χ2v) is 8.44. The van der Waals surface area contributed by atoms with Gasteiger partial charge in [-0.15, -0.1) is 21.8 Å². The van der Waals surface area contributed by atoms with E-state index < -0.39 is 22.6 Å². The molecule has 13 heteroatoms.